The van der Waals surface area contributed by atoms with Gasteiger partial charge >= 0.3 is 0 Å². The molecule has 0 amide bonds. The number of hydrogen-bond acceptors (Lipinski definition) is 6. The van der Waals surface area contributed by atoms with Gasteiger partial charge in [-0.25, -0.2) is 0 Å². The molecule has 0 nitrogen and oxygen atoms in total. The second-order valence-electron chi connectivity index (χ2n) is 5.91. The van der Waals surface area contributed by atoms with Crippen molar-refractivity contribution in [2.75, 3.05) is 0 Å². The standard InChI is InChI=1S/C18H10S6/c1-7-3-11-15(19-7)17-13(21-11)5-9(23-17)10-6-14-18(24-10)16-12(22-14)4-8(2)20-16/h3-6H,1-2H3. The molecular formula is C18H10S6. The highest BCUT2D eigenvalue weighted by Crippen LogP contribution is 2.50. The molecule has 24 heavy (non-hydrogen) atoms. The summed E-state index contributed by atoms with van der Waals surface area (Å²) in [7, 11) is 0. The summed E-state index contributed by atoms with van der Waals surface area (Å²) in [5.41, 5.74) is 0. The van der Waals surface area contributed by atoms with Gasteiger partial charge in [-0.1, -0.05) is 0 Å². The minimum Gasteiger partial charge on any atom is -0.138 e. The lowest BCUT2D eigenvalue weighted by atomic mass is 10.3. The summed E-state index contributed by atoms with van der Waals surface area (Å²) in [5.74, 6) is 0. The average Bonchev–Trinajstić information content (AvgIpc) is 3.26. The Labute approximate surface area is 162 Å². The topological polar surface area (TPSA) is 0 Å². The van der Waals surface area contributed by atoms with Crippen LogP contribution in [0, 0.1) is 13.8 Å². The van der Waals surface area contributed by atoms with Crippen LogP contribution in [0.5, 0.6) is 0 Å². The molecule has 0 N–H and O–H groups in total. The van der Waals surface area contributed by atoms with Gasteiger partial charge in [0.05, 0.1) is 18.8 Å². The van der Waals surface area contributed by atoms with E-state index in [4.69, 9.17) is 0 Å². The summed E-state index contributed by atoms with van der Waals surface area (Å²) in [6.07, 6.45) is 0. The Hall–Kier alpha value is -0.760. The third-order valence-electron chi connectivity index (χ3n) is 4.13. The maximum absolute atomic E-state index is 2.40. The van der Waals surface area contributed by atoms with Gasteiger partial charge in [-0.3, -0.25) is 0 Å². The minimum absolute atomic E-state index is 1.42. The summed E-state index contributed by atoms with van der Waals surface area (Å²) in [6.45, 7) is 4.42. The normalized spacial score (nSPS) is 12.6. The van der Waals surface area contributed by atoms with Crippen LogP contribution in [0.1, 0.15) is 9.75 Å². The third-order valence-corrected chi connectivity index (χ3v) is 11.7. The molecule has 6 aromatic heterocycles. The fourth-order valence-corrected chi connectivity index (χ4v) is 11.1. The van der Waals surface area contributed by atoms with E-state index >= 15 is 0 Å². The Balaban J connectivity index is 1.58. The van der Waals surface area contributed by atoms with Crippen LogP contribution in [-0.2, 0) is 0 Å². The maximum atomic E-state index is 2.40. The van der Waals surface area contributed by atoms with Gasteiger partial charge in [0.2, 0.25) is 0 Å². The third kappa shape index (κ3) is 1.92. The van der Waals surface area contributed by atoms with E-state index in [0.29, 0.717) is 0 Å². The molecule has 6 heterocycles. The molecular weight excluding hydrogens is 409 g/mol. The zero-order valence-corrected chi connectivity index (χ0v) is 17.7. The van der Waals surface area contributed by atoms with Gasteiger partial charge in [-0.2, -0.15) is 0 Å². The first-order chi connectivity index (χ1) is 11.7. The van der Waals surface area contributed by atoms with Crippen LogP contribution in [0.3, 0.4) is 0 Å². The van der Waals surface area contributed by atoms with E-state index in [1.807, 2.05) is 68.0 Å². The number of hydrogen-bond donors (Lipinski definition) is 0. The molecule has 0 aromatic carbocycles. The Morgan fingerprint density at radius 3 is 1.29 bits per heavy atom. The SMILES string of the molecule is Cc1cc2sc3cc(-c4cc5sc6cc(C)sc6c5s4)sc3c2s1. The molecule has 0 aliphatic carbocycles. The fourth-order valence-electron chi connectivity index (χ4n) is 3.15. The smallest absolute Gasteiger partial charge is 0.0636 e. The Morgan fingerprint density at radius 1 is 0.458 bits per heavy atom. The average molecular weight is 419 g/mol. The Kier molecular flexibility index (Phi) is 2.94. The highest BCUT2D eigenvalue weighted by molar-refractivity contribution is 7.42. The first kappa shape index (κ1) is 14.4. The van der Waals surface area contributed by atoms with Gasteiger partial charge in [0, 0.05) is 38.3 Å². The van der Waals surface area contributed by atoms with Crippen molar-refractivity contribution in [3.05, 3.63) is 34.0 Å². The van der Waals surface area contributed by atoms with Crippen LogP contribution >= 0.6 is 68.0 Å². The Bertz CT molecular complexity index is 1270. The molecule has 0 fully saturated rings. The van der Waals surface area contributed by atoms with Crippen LogP contribution in [0.4, 0.5) is 0 Å². The van der Waals surface area contributed by atoms with Crippen molar-refractivity contribution in [2.24, 2.45) is 0 Å². The largest absolute Gasteiger partial charge is 0.138 e. The predicted molar refractivity (Wildman–Crippen MR) is 119 cm³/mol. The van der Waals surface area contributed by atoms with E-state index in [9.17, 15) is 0 Å². The van der Waals surface area contributed by atoms with Gasteiger partial charge in [0.25, 0.3) is 0 Å². The van der Waals surface area contributed by atoms with Gasteiger partial charge in [0.15, 0.2) is 0 Å². The number of thiophene rings is 6. The molecule has 6 heteroatoms. The van der Waals surface area contributed by atoms with Crippen molar-refractivity contribution < 1.29 is 0 Å². The molecule has 0 saturated carbocycles. The fraction of sp³-hybridized carbons (Fsp3) is 0.111. The summed E-state index contributed by atoms with van der Waals surface area (Å²) >= 11 is 11.7. The van der Waals surface area contributed by atoms with E-state index < -0.39 is 0 Å². The molecule has 6 rings (SSSR count). The van der Waals surface area contributed by atoms with Gasteiger partial charge in [0.1, 0.15) is 0 Å². The number of fused-ring (bicyclic) bond motifs is 6. The highest BCUT2D eigenvalue weighted by atomic mass is 32.1. The van der Waals surface area contributed by atoms with Crippen LogP contribution < -0.4 is 0 Å². The van der Waals surface area contributed by atoms with E-state index in [1.165, 1.54) is 57.1 Å². The maximum Gasteiger partial charge on any atom is 0.0636 e. The highest BCUT2D eigenvalue weighted by Gasteiger charge is 2.17. The van der Waals surface area contributed by atoms with Crippen molar-refractivity contribution in [1.82, 2.24) is 0 Å². The molecule has 6 aromatic rings. The zero-order valence-electron chi connectivity index (χ0n) is 12.8. The summed E-state index contributed by atoms with van der Waals surface area (Å²) in [4.78, 5) is 5.69. The number of aryl methyl sites for hydroxylation is 2. The molecule has 0 bridgehead atoms. The predicted octanol–water partition coefficient (Wildman–Crippen LogP) is 8.95. The van der Waals surface area contributed by atoms with Crippen LogP contribution in [0.2, 0.25) is 0 Å². The van der Waals surface area contributed by atoms with Crippen LogP contribution in [0.25, 0.3) is 47.4 Å². The van der Waals surface area contributed by atoms with Crippen LogP contribution in [-0.4, -0.2) is 0 Å². The molecule has 0 saturated heterocycles. The van der Waals surface area contributed by atoms with E-state index in [2.05, 4.69) is 38.1 Å². The van der Waals surface area contributed by atoms with E-state index in [1.54, 1.807) is 0 Å². The second kappa shape index (κ2) is 4.90. The zero-order chi connectivity index (χ0) is 16.0. The Morgan fingerprint density at radius 2 is 0.833 bits per heavy atom. The first-order valence-corrected chi connectivity index (χ1v) is 12.4. The van der Waals surface area contributed by atoms with Gasteiger partial charge in [-0.05, 0) is 38.1 Å². The monoisotopic (exact) mass is 418 g/mol. The minimum atomic E-state index is 1.42. The van der Waals surface area contributed by atoms with E-state index in [-0.39, 0.29) is 0 Å². The first-order valence-electron chi connectivity index (χ1n) is 7.51. The lowest BCUT2D eigenvalue weighted by molar-refractivity contribution is 1.66. The molecule has 0 atom stereocenters. The lowest BCUT2D eigenvalue weighted by Crippen LogP contribution is -1.57. The summed E-state index contributed by atoms with van der Waals surface area (Å²) < 4.78 is 11.7. The van der Waals surface area contributed by atoms with Crippen molar-refractivity contribution in [2.45, 2.75) is 13.8 Å². The van der Waals surface area contributed by atoms with Gasteiger partial charge in [-0.15, -0.1) is 68.0 Å². The van der Waals surface area contributed by atoms with E-state index in [0.717, 1.165) is 0 Å². The summed E-state index contributed by atoms with van der Waals surface area (Å²) in [5, 5.41) is 0. The molecule has 0 unspecified atom stereocenters. The molecule has 118 valence electrons. The van der Waals surface area contributed by atoms with Crippen molar-refractivity contribution in [3.63, 3.8) is 0 Å². The van der Waals surface area contributed by atoms with Crippen molar-refractivity contribution >= 4 is 106 Å². The quantitative estimate of drug-likeness (QED) is 0.250. The van der Waals surface area contributed by atoms with Crippen LogP contribution in [0.15, 0.2) is 24.3 Å². The second-order valence-corrected chi connectivity index (χ2v) is 12.7. The molecule has 0 radical (unpaired) electrons. The molecule has 0 spiro atoms. The van der Waals surface area contributed by atoms with Crippen molar-refractivity contribution in [3.8, 4) is 9.75 Å². The van der Waals surface area contributed by atoms with Crippen molar-refractivity contribution in [1.29, 1.82) is 0 Å². The van der Waals surface area contributed by atoms with Gasteiger partial charge < -0.3 is 0 Å². The molecule has 0 aliphatic heterocycles. The lowest BCUT2D eigenvalue weighted by Gasteiger charge is -1.88. The summed E-state index contributed by atoms with van der Waals surface area (Å²) in [6, 6.07) is 9.46. The number of rotatable bonds is 1. The molecule has 0 aliphatic rings.